The molecule has 17 heavy (non-hydrogen) atoms. The van der Waals surface area contributed by atoms with Crippen LogP contribution in [0.3, 0.4) is 0 Å². The molecule has 88 valence electrons. The molecule has 0 radical (unpaired) electrons. The standard InChI is InChI=1S/C9H8ClN5OS/c1-4-14-15-9(17-4)13-8(16)5-2-6(10)12-7(11)3-5/h2-3H,1H3,(H2,11,12)(H,13,15,16). The topological polar surface area (TPSA) is 93.8 Å². The first kappa shape index (κ1) is 11.7. The third kappa shape index (κ3) is 2.89. The molecule has 0 aliphatic rings. The van der Waals surface area contributed by atoms with Crippen LogP contribution in [0.25, 0.3) is 0 Å². The van der Waals surface area contributed by atoms with E-state index in [0.717, 1.165) is 5.01 Å². The Morgan fingerprint density at radius 2 is 2.24 bits per heavy atom. The van der Waals surface area contributed by atoms with Crippen molar-refractivity contribution in [2.45, 2.75) is 6.92 Å². The van der Waals surface area contributed by atoms with E-state index >= 15 is 0 Å². The summed E-state index contributed by atoms with van der Waals surface area (Å²) in [5.74, 6) is -0.159. The summed E-state index contributed by atoms with van der Waals surface area (Å²) in [4.78, 5) is 15.6. The van der Waals surface area contributed by atoms with Gasteiger partial charge in [-0.2, -0.15) is 0 Å². The van der Waals surface area contributed by atoms with Crippen molar-refractivity contribution in [1.29, 1.82) is 0 Å². The monoisotopic (exact) mass is 269 g/mol. The zero-order valence-electron chi connectivity index (χ0n) is 8.77. The summed E-state index contributed by atoms with van der Waals surface area (Å²) in [6, 6.07) is 2.87. The Morgan fingerprint density at radius 3 is 2.82 bits per heavy atom. The summed E-state index contributed by atoms with van der Waals surface area (Å²) in [5, 5.41) is 11.5. The number of hydrogen-bond acceptors (Lipinski definition) is 6. The van der Waals surface area contributed by atoms with Crippen LogP contribution in [0, 0.1) is 6.92 Å². The number of carbonyl (C=O) groups excluding carboxylic acids is 1. The molecular weight excluding hydrogens is 262 g/mol. The minimum atomic E-state index is -0.350. The fourth-order valence-corrected chi connectivity index (χ4v) is 1.97. The molecule has 0 bridgehead atoms. The number of nitrogen functional groups attached to an aromatic ring is 1. The fourth-order valence-electron chi connectivity index (χ4n) is 1.16. The molecule has 0 aromatic carbocycles. The van der Waals surface area contributed by atoms with Gasteiger partial charge in [0.2, 0.25) is 5.13 Å². The van der Waals surface area contributed by atoms with Crippen LogP contribution in [0.4, 0.5) is 10.9 Å². The zero-order chi connectivity index (χ0) is 12.4. The molecule has 0 spiro atoms. The Morgan fingerprint density at radius 1 is 1.47 bits per heavy atom. The Bertz CT molecular complexity index is 550. The van der Waals surface area contributed by atoms with Crippen molar-refractivity contribution in [3.63, 3.8) is 0 Å². The SMILES string of the molecule is Cc1nnc(NC(=O)c2cc(N)nc(Cl)c2)s1. The largest absolute Gasteiger partial charge is 0.384 e. The highest BCUT2D eigenvalue weighted by atomic mass is 35.5. The number of nitrogens with two attached hydrogens (primary N) is 1. The van der Waals surface area contributed by atoms with E-state index in [-0.39, 0.29) is 16.9 Å². The van der Waals surface area contributed by atoms with Crippen LogP contribution in [0.1, 0.15) is 15.4 Å². The third-order valence-electron chi connectivity index (χ3n) is 1.82. The Kier molecular flexibility index (Phi) is 3.21. The van der Waals surface area contributed by atoms with Gasteiger partial charge in [-0.25, -0.2) is 4.98 Å². The first-order chi connectivity index (χ1) is 8.04. The number of halogens is 1. The van der Waals surface area contributed by atoms with Gasteiger partial charge in [0.15, 0.2) is 0 Å². The maximum atomic E-state index is 11.8. The summed E-state index contributed by atoms with van der Waals surface area (Å²) in [6.07, 6.45) is 0. The molecule has 0 unspecified atom stereocenters. The van der Waals surface area contributed by atoms with Crippen molar-refractivity contribution in [3.05, 3.63) is 27.9 Å². The van der Waals surface area contributed by atoms with E-state index < -0.39 is 0 Å². The highest BCUT2D eigenvalue weighted by Crippen LogP contribution is 2.17. The molecule has 6 nitrogen and oxygen atoms in total. The molecule has 0 fully saturated rings. The van der Waals surface area contributed by atoms with E-state index in [0.29, 0.717) is 10.7 Å². The number of hydrogen-bond donors (Lipinski definition) is 2. The van der Waals surface area contributed by atoms with Crippen LogP contribution in [-0.4, -0.2) is 21.1 Å². The first-order valence-corrected chi connectivity index (χ1v) is 5.78. The number of rotatable bonds is 2. The van der Waals surface area contributed by atoms with Crippen molar-refractivity contribution in [2.24, 2.45) is 0 Å². The van der Waals surface area contributed by atoms with Crippen molar-refractivity contribution in [2.75, 3.05) is 11.1 Å². The van der Waals surface area contributed by atoms with E-state index in [1.165, 1.54) is 23.5 Å². The molecule has 2 aromatic rings. The van der Waals surface area contributed by atoms with Crippen LogP contribution in [0.15, 0.2) is 12.1 Å². The van der Waals surface area contributed by atoms with Gasteiger partial charge < -0.3 is 5.73 Å². The van der Waals surface area contributed by atoms with Gasteiger partial charge in [-0.3, -0.25) is 10.1 Å². The van der Waals surface area contributed by atoms with Crippen molar-refractivity contribution < 1.29 is 4.79 Å². The second-order valence-electron chi connectivity index (χ2n) is 3.18. The molecule has 1 amide bonds. The number of aromatic nitrogens is 3. The average Bonchev–Trinajstić information content (AvgIpc) is 2.62. The second-order valence-corrected chi connectivity index (χ2v) is 4.75. The van der Waals surface area contributed by atoms with Gasteiger partial charge in [0, 0.05) is 5.56 Å². The zero-order valence-corrected chi connectivity index (χ0v) is 10.3. The van der Waals surface area contributed by atoms with Gasteiger partial charge in [0.25, 0.3) is 5.91 Å². The van der Waals surface area contributed by atoms with Crippen LogP contribution >= 0.6 is 22.9 Å². The molecular formula is C9H8ClN5OS. The van der Waals surface area contributed by atoms with E-state index in [9.17, 15) is 4.79 Å². The van der Waals surface area contributed by atoms with Gasteiger partial charge in [0.05, 0.1) is 0 Å². The van der Waals surface area contributed by atoms with E-state index in [1.807, 2.05) is 0 Å². The maximum absolute atomic E-state index is 11.8. The summed E-state index contributed by atoms with van der Waals surface area (Å²) >= 11 is 6.99. The van der Waals surface area contributed by atoms with Gasteiger partial charge in [-0.15, -0.1) is 10.2 Å². The van der Waals surface area contributed by atoms with E-state index in [1.54, 1.807) is 6.92 Å². The van der Waals surface area contributed by atoms with Crippen molar-refractivity contribution >= 4 is 39.8 Å². The molecule has 2 aromatic heterocycles. The Balaban J connectivity index is 2.19. The molecule has 0 aliphatic carbocycles. The molecule has 0 aliphatic heterocycles. The van der Waals surface area contributed by atoms with Crippen LogP contribution in [0.2, 0.25) is 5.15 Å². The Hall–Kier alpha value is -1.73. The highest BCUT2D eigenvalue weighted by Gasteiger charge is 2.10. The van der Waals surface area contributed by atoms with Gasteiger partial charge in [-0.05, 0) is 19.1 Å². The minimum absolute atomic E-state index is 0.170. The lowest BCUT2D eigenvalue weighted by molar-refractivity contribution is 0.102. The maximum Gasteiger partial charge on any atom is 0.257 e. The summed E-state index contributed by atoms with van der Waals surface area (Å²) in [6.45, 7) is 1.80. The second kappa shape index (κ2) is 4.64. The molecule has 0 atom stereocenters. The average molecular weight is 270 g/mol. The molecule has 2 heterocycles. The van der Waals surface area contributed by atoms with E-state index in [4.69, 9.17) is 17.3 Å². The van der Waals surface area contributed by atoms with Gasteiger partial charge >= 0.3 is 0 Å². The highest BCUT2D eigenvalue weighted by molar-refractivity contribution is 7.15. The molecule has 8 heteroatoms. The smallest absolute Gasteiger partial charge is 0.257 e. The lowest BCUT2D eigenvalue weighted by atomic mass is 10.2. The third-order valence-corrected chi connectivity index (χ3v) is 2.77. The number of aryl methyl sites for hydroxylation is 1. The summed E-state index contributed by atoms with van der Waals surface area (Å²) < 4.78 is 0. The van der Waals surface area contributed by atoms with Crippen molar-refractivity contribution in [3.8, 4) is 0 Å². The van der Waals surface area contributed by atoms with Crippen LogP contribution < -0.4 is 11.1 Å². The number of anilines is 2. The van der Waals surface area contributed by atoms with Gasteiger partial charge in [-0.1, -0.05) is 22.9 Å². The molecule has 0 saturated heterocycles. The quantitative estimate of drug-likeness (QED) is 0.810. The van der Waals surface area contributed by atoms with Gasteiger partial charge in [0.1, 0.15) is 16.0 Å². The first-order valence-electron chi connectivity index (χ1n) is 4.59. The van der Waals surface area contributed by atoms with Crippen LogP contribution in [0.5, 0.6) is 0 Å². The lowest BCUT2D eigenvalue weighted by Crippen LogP contribution is -2.12. The number of amides is 1. The van der Waals surface area contributed by atoms with Crippen LogP contribution in [-0.2, 0) is 0 Å². The molecule has 0 saturated carbocycles. The number of nitrogens with zero attached hydrogens (tertiary/aromatic N) is 3. The normalized spacial score (nSPS) is 10.2. The lowest BCUT2D eigenvalue weighted by Gasteiger charge is -2.02. The minimum Gasteiger partial charge on any atom is -0.384 e. The summed E-state index contributed by atoms with van der Waals surface area (Å²) in [5.41, 5.74) is 5.82. The summed E-state index contributed by atoms with van der Waals surface area (Å²) in [7, 11) is 0. The number of carbonyl (C=O) groups is 1. The molecule has 2 rings (SSSR count). The predicted octanol–water partition coefficient (Wildman–Crippen LogP) is 1.73. The van der Waals surface area contributed by atoms with E-state index in [2.05, 4.69) is 20.5 Å². The molecule has 3 N–H and O–H groups in total. The number of pyridine rings is 1. The fraction of sp³-hybridized carbons (Fsp3) is 0.111. The number of nitrogens with one attached hydrogen (secondary N) is 1. The Labute approximate surface area is 106 Å². The predicted molar refractivity (Wildman–Crippen MR) is 66.3 cm³/mol. The van der Waals surface area contributed by atoms with Crippen molar-refractivity contribution in [1.82, 2.24) is 15.2 Å².